The minimum Gasteiger partial charge on any atom is -0.496 e. The van der Waals surface area contributed by atoms with Gasteiger partial charge in [0.2, 0.25) is 0 Å². The number of anilines is 1. The third kappa shape index (κ3) is 4.56. The summed E-state index contributed by atoms with van der Waals surface area (Å²) in [7, 11) is -1.37. The number of hydrogen-bond donors (Lipinski definition) is 2. The Kier molecular flexibility index (Phi) is 5.51. The fourth-order valence-corrected chi connectivity index (χ4v) is 7.08. The van der Waals surface area contributed by atoms with Gasteiger partial charge in [-0.05, 0) is 24.3 Å². The number of sulfone groups is 1. The zero-order valence-corrected chi connectivity index (χ0v) is 17.4. The molecular weight excluding hydrogens is 410 g/mol. The van der Waals surface area contributed by atoms with Crippen LogP contribution in [0, 0.1) is 0 Å². The molecule has 0 bridgehead atoms. The molecule has 1 amide bonds. The van der Waals surface area contributed by atoms with Crippen LogP contribution >= 0.6 is 11.8 Å². The lowest BCUT2D eigenvalue weighted by atomic mass is 10.1. The van der Waals surface area contributed by atoms with Gasteiger partial charge in [0.1, 0.15) is 5.75 Å². The molecule has 2 heterocycles. The van der Waals surface area contributed by atoms with Crippen molar-refractivity contribution in [2.24, 2.45) is 4.99 Å². The van der Waals surface area contributed by atoms with E-state index in [2.05, 4.69) is 15.6 Å². The van der Waals surface area contributed by atoms with Crippen LogP contribution in [-0.2, 0) is 16.4 Å². The molecule has 0 aliphatic carbocycles. The topological polar surface area (TPSA) is 96.9 Å². The van der Waals surface area contributed by atoms with E-state index in [1.807, 2.05) is 30.3 Å². The zero-order valence-electron chi connectivity index (χ0n) is 15.8. The maximum absolute atomic E-state index is 12.6. The first-order valence-electron chi connectivity index (χ1n) is 9.15. The molecule has 7 nitrogen and oxygen atoms in total. The van der Waals surface area contributed by atoms with E-state index >= 15 is 0 Å². The maximum atomic E-state index is 12.6. The Morgan fingerprint density at radius 1 is 1.21 bits per heavy atom. The van der Waals surface area contributed by atoms with Crippen LogP contribution in [0.25, 0.3) is 0 Å². The second-order valence-corrected chi connectivity index (χ2v) is 10.3. The van der Waals surface area contributed by atoms with E-state index in [0.29, 0.717) is 17.3 Å². The number of nitrogens with zero attached hydrogens (tertiary/aromatic N) is 1. The molecule has 2 aromatic carbocycles. The van der Waals surface area contributed by atoms with Gasteiger partial charge in [0.05, 0.1) is 24.7 Å². The molecule has 29 heavy (non-hydrogen) atoms. The molecule has 2 aliphatic heterocycles. The summed E-state index contributed by atoms with van der Waals surface area (Å²) in [6, 6.07) is 14.5. The Bertz CT molecular complexity index is 1070. The van der Waals surface area contributed by atoms with Crippen LogP contribution in [0.2, 0.25) is 0 Å². The summed E-state index contributed by atoms with van der Waals surface area (Å²) >= 11 is 1.45. The number of carbonyl (C=O) groups is 1. The number of methoxy groups -OCH3 is 1. The monoisotopic (exact) mass is 431 g/mol. The fourth-order valence-electron chi connectivity index (χ4n) is 3.40. The number of thioether (sulfide) groups is 1. The molecule has 4 rings (SSSR count). The predicted molar refractivity (Wildman–Crippen MR) is 115 cm³/mol. The summed E-state index contributed by atoms with van der Waals surface area (Å²) in [4.78, 5) is 17.0. The molecule has 1 saturated heterocycles. The number of para-hydroxylation sites is 1. The van der Waals surface area contributed by atoms with Gasteiger partial charge in [-0.3, -0.25) is 9.79 Å². The average Bonchev–Trinajstić information content (AvgIpc) is 3.18. The van der Waals surface area contributed by atoms with Gasteiger partial charge in [0, 0.05) is 28.6 Å². The smallest absolute Gasteiger partial charge is 0.251 e. The fraction of sp³-hybridized carbons (Fsp3) is 0.300. The van der Waals surface area contributed by atoms with Crippen molar-refractivity contribution in [1.29, 1.82) is 0 Å². The van der Waals surface area contributed by atoms with Gasteiger partial charge in [0.25, 0.3) is 5.91 Å². The van der Waals surface area contributed by atoms with Crippen LogP contribution in [0.15, 0.2) is 53.5 Å². The lowest BCUT2D eigenvalue weighted by Gasteiger charge is -2.11. The van der Waals surface area contributed by atoms with Crippen molar-refractivity contribution in [3.8, 4) is 5.75 Å². The minimum absolute atomic E-state index is 0.0187. The number of amidine groups is 1. The standard InChI is InChI=1S/C20H21N3O4S2/c1-27-17-8-3-2-5-14(17)10-21-19(24)13-6-4-7-15(9-13)22-20-23-16-11-29(25,26)12-18(16)28-20/h2-9,16,18H,10-12H2,1H3,(H,21,24)(H,22,23)/t16-,18-/m1/s1. The summed E-state index contributed by atoms with van der Waals surface area (Å²) in [6.07, 6.45) is 0. The highest BCUT2D eigenvalue weighted by atomic mass is 32.2. The van der Waals surface area contributed by atoms with Gasteiger partial charge in [-0.25, -0.2) is 8.42 Å². The van der Waals surface area contributed by atoms with Crippen LogP contribution in [0.3, 0.4) is 0 Å². The van der Waals surface area contributed by atoms with E-state index in [4.69, 9.17) is 4.74 Å². The lowest BCUT2D eigenvalue weighted by Crippen LogP contribution is -2.23. The number of amides is 1. The second kappa shape index (κ2) is 8.08. The first kappa shape index (κ1) is 19.8. The quantitative estimate of drug-likeness (QED) is 0.754. The zero-order chi connectivity index (χ0) is 20.4. The second-order valence-electron chi connectivity index (χ2n) is 6.94. The van der Waals surface area contributed by atoms with Crippen molar-refractivity contribution in [2.75, 3.05) is 23.9 Å². The highest BCUT2D eigenvalue weighted by Crippen LogP contribution is 2.34. The molecule has 1 fully saturated rings. The molecule has 2 aliphatic rings. The Morgan fingerprint density at radius 2 is 2.03 bits per heavy atom. The number of nitrogens with one attached hydrogen (secondary N) is 2. The molecule has 2 aromatic rings. The summed E-state index contributed by atoms with van der Waals surface area (Å²) in [5.41, 5.74) is 2.16. The SMILES string of the molecule is COc1ccccc1CNC(=O)c1cccc(NC2=N[C@@H]3CS(=O)(=O)C[C@H]3S2)c1. The molecular formula is C20H21N3O4S2. The normalized spacial score (nSPS) is 21.9. The number of carbonyl (C=O) groups excluding carboxylic acids is 1. The van der Waals surface area contributed by atoms with E-state index in [9.17, 15) is 13.2 Å². The van der Waals surface area contributed by atoms with E-state index in [-0.39, 0.29) is 28.7 Å². The first-order valence-corrected chi connectivity index (χ1v) is 11.9. The van der Waals surface area contributed by atoms with Crippen molar-refractivity contribution in [3.63, 3.8) is 0 Å². The van der Waals surface area contributed by atoms with Gasteiger partial charge < -0.3 is 15.4 Å². The highest BCUT2D eigenvalue weighted by molar-refractivity contribution is 8.15. The van der Waals surface area contributed by atoms with Crippen molar-refractivity contribution in [1.82, 2.24) is 5.32 Å². The predicted octanol–water partition coefficient (Wildman–Crippen LogP) is 2.31. The average molecular weight is 432 g/mol. The molecule has 9 heteroatoms. The Balaban J connectivity index is 1.39. The van der Waals surface area contributed by atoms with Gasteiger partial charge in [-0.2, -0.15) is 0 Å². The van der Waals surface area contributed by atoms with E-state index in [0.717, 1.165) is 17.0 Å². The number of ether oxygens (including phenoxy) is 1. The van der Waals surface area contributed by atoms with Gasteiger partial charge in [-0.1, -0.05) is 36.0 Å². The van der Waals surface area contributed by atoms with Gasteiger partial charge >= 0.3 is 0 Å². The van der Waals surface area contributed by atoms with Crippen LogP contribution in [0.4, 0.5) is 5.69 Å². The van der Waals surface area contributed by atoms with E-state index in [1.54, 1.807) is 25.3 Å². The number of fused-ring (bicyclic) bond motifs is 1. The highest BCUT2D eigenvalue weighted by Gasteiger charge is 2.42. The molecule has 152 valence electrons. The Labute approximate surface area is 173 Å². The number of aliphatic imine (C=N–C) groups is 1. The van der Waals surface area contributed by atoms with Crippen LogP contribution < -0.4 is 15.4 Å². The van der Waals surface area contributed by atoms with Crippen LogP contribution in [0.5, 0.6) is 5.75 Å². The largest absolute Gasteiger partial charge is 0.496 e. The lowest BCUT2D eigenvalue weighted by molar-refractivity contribution is 0.0950. The minimum atomic E-state index is -2.97. The summed E-state index contributed by atoms with van der Waals surface area (Å²) < 4.78 is 28.7. The van der Waals surface area contributed by atoms with E-state index < -0.39 is 9.84 Å². The molecule has 0 unspecified atom stereocenters. The summed E-state index contributed by atoms with van der Waals surface area (Å²) in [5.74, 6) is 0.819. The molecule has 0 aromatic heterocycles. The molecule has 0 spiro atoms. The van der Waals surface area contributed by atoms with Crippen LogP contribution in [-0.4, -0.2) is 49.4 Å². The number of benzene rings is 2. The molecule has 2 N–H and O–H groups in total. The van der Waals surface area contributed by atoms with Crippen molar-refractivity contribution in [2.45, 2.75) is 17.8 Å². The van der Waals surface area contributed by atoms with Crippen molar-refractivity contribution in [3.05, 3.63) is 59.7 Å². The Hall–Kier alpha value is -2.52. The van der Waals surface area contributed by atoms with Gasteiger partial charge in [0.15, 0.2) is 15.0 Å². The molecule has 0 radical (unpaired) electrons. The number of hydrogen-bond acceptors (Lipinski definition) is 7. The number of rotatable bonds is 5. The van der Waals surface area contributed by atoms with Crippen LogP contribution in [0.1, 0.15) is 15.9 Å². The van der Waals surface area contributed by atoms with Crippen molar-refractivity contribution >= 4 is 38.4 Å². The van der Waals surface area contributed by atoms with E-state index in [1.165, 1.54) is 11.8 Å². The summed E-state index contributed by atoms with van der Waals surface area (Å²) in [6.45, 7) is 0.362. The summed E-state index contributed by atoms with van der Waals surface area (Å²) in [5, 5.41) is 6.78. The Morgan fingerprint density at radius 3 is 2.83 bits per heavy atom. The third-order valence-electron chi connectivity index (χ3n) is 4.83. The van der Waals surface area contributed by atoms with Gasteiger partial charge in [-0.15, -0.1) is 0 Å². The third-order valence-corrected chi connectivity index (χ3v) is 7.97. The molecule has 2 atom stereocenters. The maximum Gasteiger partial charge on any atom is 0.251 e. The first-order chi connectivity index (χ1) is 13.9. The molecule has 0 saturated carbocycles. The van der Waals surface area contributed by atoms with Crippen molar-refractivity contribution < 1.29 is 17.9 Å².